The lowest BCUT2D eigenvalue weighted by Gasteiger charge is -2.31. The largest absolute Gasteiger partial charge is 0.396 e. The van der Waals surface area contributed by atoms with E-state index >= 15 is 0 Å². The maximum absolute atomic E-state index is 13.5. The molecule has 0 saturated carbocycles. The van der Waals surface area contributed by atoms with Crippen LogP contribution in [0.1, 0.15) is 36.7 Å². The maximum atomic E-state index is 13.5. The molecule has 0 aromatic carbocycles. The summed E-state index contributed by atoms with van der Waals surface area (Å²) in [4.78, 5) is 35.0. The van der Waals surface area contributed by atoms with Crippen LogP contribution in [0.4, 0.5) is 0 Å². The van der Waals surface area contributed by atoms with Gasteiger partial charge in [-0.3, -0.25) is 19.5 Å². The first-order chi connectivity index (χ1) is 16.2. The highest BCUT2D eigenvalue weighted by Crippen LogP contribution is 2.49. The van der Waals surface area contributed by atoms with Crippen LogP contribution >= 0.6 is 0 Å². The zero-order valence-electron chi connectivity index (χ0n) is 19.0. The molecule has 8 nitrogen and oxygen atoms in total. The number of hydrogen-bond acceptors (Lipinski definition) is 6. The van der Waals surface area contributed by atoms with Crippen molar-refractivity contribution in [2.75, 3.05) is 32.8 Å². The molecule has 0 bridgehead atoms. The van der Waals surface area contributed by atoms with Crippen molar-refractivity contribution in [3.8, 4) is 0 Å². The first-order valence-electron chi connectivity index (χ1n) is 12.1. The third-order valence-electron chi connectivity index (χ3n) is 7.58. The van der Waals surface area contributed by atoms with Crippen LogP contribution in [0.5, 0.6) is 0 Å². The van der Waals surface area contributed by atoms with Crippen LogP contribution in [0.25, 0.3) is 0 Å². The number of aliphatic hydroxyl groups excluding tert-OH is 1. The smallest absolute Gasteiger partial charge is 0.250 e. The van der Waals surface area contributed by atoms with Crippen molar-refractivity contribution in [3.05, 3.63) is 64.3 Å². The number of nitrogens with zero attached hydrogens (tertiary/aromatic N) is 4. The van der Waals surface area contributed by atoms with Crippen LogP contribution in [-0.4, -0.2) is 69.2 Å². The average Bonchev–Trinajstić information content (AvgIpc) is 3.36. The fourth-order valence-corrected chi connectivity index (χ4v) is 6.04. The number of amides is 1. The Labute approximate surface area is 194 Å². The lowest BCUT2D eigenvalue weighted by molar-refractivity contribution is -0.128. The quantitative estimate of drug-likeness (QED) is 0.653. The van der Waals surface area contributed by atoms with Gasteiger partial charge in [-0.1, -0.05) is 18.6 Å². The van der Waals surface area contributed by atoms with Crippen LogP contribution in [0.3, 0.4) is 0 Å². The van der Waals surface area contributed by atoms with Gasteiger partial charge < -0.3 is 19.9 Å². The molecule has 2 aromatic rings. The van der Waals surface area contributed by atoms with E-state index in [1.54, 1.807) is 22.9 Å². The summed E-state index contributed by atoms with van der Waals surface area (Å²) in [7, 11) is 0. The second kappa shape index (κ2) is 9.75. The minimum absolute atomic E-state index is 0.00616. The first kappa shape index (κ1) is 22.3. The van der Waals surface area contributed by atoms with Crippen molar-refractivity contribution in [2.24, 2.45) is 11.8 Å². The number of piperidine rings is 1. The third-order valence-corrected chi connectivity index (χ3v) is 7.58. The van der Waals surface area contributed by atoms with Gasteiger partial charge in [-0.15, -0.1) is 0 Å². The van der Waals surface area contributed by atoms with Crippen molar-refractivity contribution in [3.63, 3.8) is 0 Å². The number of carbonyl (C=O) groups excluding carboxylic acids is 1. The van der Waals surface area contributed by atoms with E-state index in [4.69, 9.17) is 0 Å². The SMILES string of the molecule is O=C(NCCN1CCCCC1)[C@@H]1[C@@H](CO)[C@@H]2Cn3c(cccc3=O)[C@@H]2N1Cc1ccccn1. The Morgan fingerprint density at radius 2 is 1.97 bits per heavy atom. The molecule has 176 valence electrons. The molecular weight excluding hydrogens is 418 g/mol. The van der Waals surface area contributed by atoms with Crippen molar-refractivity contribution < 1.29 is 9.90 Å². The number of rotatable bonds is 7. The Morgan fingerprint density at radius 3 is 2.73 bits per heavy atom. The van der Waals surface area contributed by atoms with Crippen LogP contribution in [0.15, 0.2) is 47.4 Å². The third kappa shape index (κ3) is 4.35. The number of pyridine rings is 2. The summed E-state index contributed by atoms with van der Waals surface area (Å²) in [5.74, 6) is -0.277. The van der Waals surface area contributed by atoms with E-state index in [1.165, 1.54) is 19.3 Å². The minimum atomic E-state index is -0.461. The van der Waals surface area contributed by atoms with Gasteiger partial charge in [0, 0.05) is 62.6 Å². The lowest BCUT2D eigenvalue weighted by atomic mass is 9.88. The van der Waals surface area contributed by atoms with Crippen molar-refractivity contribution >= 4 is 5.91 Å². The van der Waals surface area contributed by atoms with Gasteiger partial charge >= 0.3 is 0 Å². The number of nitrogens with one attached hydrogen (secondary N) is 1. The number of carbonyl (C=O) groups is 1. The standard InChI is InChI=1S/C25H33N5O3/c31-17-20-19-16-29-21(8-6-9-22(29)32)23(19)30(15-18-7-2-3-10-26-18)24(20)25(33)27-11-14-28-12-4-1-5-13-28/h2-3,6-10,19-20,23-24,31H,1,4-5,11-17H2,(H,27,33)/t19-,20-,23+,24-/m0/s1. The minimum Gasteiger partial charge on any atom is -0.396 e. The lowest BCUT2D eigenvalue weighted by Crippen LogP contribution is -2.49. The fourth-order valence-electron chi connectivity index (χ4n) is 6.04. The van der Waals surface area contributed by atoms with E-state index in [0.29, 0.717) is 19.6 Å². The molecule has 2 aromatic heterocycles. The molecule has 0 aliphatic carbocycles. The normalized spacial score (nSPS) is 27.3. The van der Waals surface area contributed by atoms with Crippen LogP contribution in [-0.2, 0) is 17.9 Å². The topological polar surface area (TPSA) is 90.7 Å². The van der Waals surface area contributed by atoms with Gasteiger partial charge in [0.05, 0.1) is 17.8 Å². The summed E-state index contributed by atoms with van der Waals surface area (Å²) >= 11 is 0. The summed E-state index contributed by atoms with van der Waals surface area (Å²) in [6, 6.07) is 10.6. The first-order valence-corrected chi connectivity index (χ1v) is 12.1. The van der Waals surface area contributed by atoms with Crippen LogP contribution in [0.2, 0.25) is 0 Å². The average molecular weight is 452 g/mol. The van der Waals surface area contributed by atoms with Gasteiger partial charge in [-0.05, 0) is 44.1 Å². The highest BCUT2D eigenvalue weighted by molar-refractivity contribution is 5.82. The number of hydrogen-bond donors (Lipinski definition) is 2. The molecule has 5 heterocycles. The fraction of sp³-hybridized carbons (Fsp3) is 0.560. The van der Waals surface area contributed by atoms with Crippen molar-refractivity contribution in [1.29, 1.82) is 0 Å². The summed E-state index contributed by atoms with van der Waals surface area (Å²) in [5.41, 5.74) is 1.77. The highest BCUT2D eigenvalue weighted by atomic mass is 16.3. The van der Waals surface area contributed by atoms with E-state index in [0.717, 1.165) is 31.0 Å². The van der Waals surface area contributed by atoms with Crippen molar-refractivity contribution in [2.45, 2.75) is 44.4 Å². The number of aromatic nitrogens is 2. The molecule has 8 heteroatoms. The Morgan fingerprint density at radius 1 is 1.12 bits per heavy atom. The second-order valence-corrected chi connectivity index (χ2v) is 9.49. The van der Waals surface area contributed by atoms with E-state index in [2.05, 4.69) is 20.1 Å². The predicted molar refractivity (Wildman–Crippen MR) is 124 cm³/mol. The predicted octanol–water partition coefficient (Wildman–Crippen LogP) is 1.01. The Balaban J connectivity index is 1.39. The Hall–Kier alpha value is -2.55. The van der Waals surface area contributed by atoms with Gasteiger partial charge in [0.25, 0.3) is 5.56 Å². The molecule has 5 rings (SSSR count). The molecule has 0 radical (unpaired) electrons. The van der Waals surface area contributed by atoms with Crippen molar-refractivity contribution in [1.82, 2.24) is 24.7 Å². The van der Waals surface area contributed by atoms with Crippen LogP contribution < -0.4 is 10.9 Å². The second-order valence-electron chi connectivity index (χ2n) is 9.49. The molecular formula is C25H33N5O3. The van der Waals surface area contributed by atoms with Gasteiger partial charge in [-0.2, -0.15) is 0 Å². The van der Waals surface area contributed by atoms with E-state index < -0.39 is 6.04 Å². The monoisotopic (exact) mass is 451 g/mol. The van der Waals surface area contributed by atoms with Gasteiger partial charge in [-0.25, -0.2) is 0 Å². The molecule has 3 aliphatic heterocycles. The molecule has 33 heavy (non-hydrogen) atoms. The summed E-state index contributed by atoms with van der Waals surface area (Å²) < 4.78 is 1.80. The molecule has 0 unspecified atom stereocenters. The number of likely N-dealkylation sites (tertiary alicyclic amines) is 2. The zero-order valence-corrected chi connectivity index (χ0v) is 19.0. The van der Waals surface area contributed by atoms with E-state index in [9.17, 15) is 14.7 Å². The summed E-state index contributed by atoms with van der Waals surface area (Å²) in [6.07, 6.45) is 5.50. The van der Waals surface area contributed by atoms with Gasteiger partial charge in [0.1, 0.15) is 0 Å². The maximum Gasteiger partial charge on any atom is 0.250 e. The summed E-state index contributed by atoms with van der Waals surface area (Å²) in [6.45, 7) is 4.59. The Kier molecular flexibility index (Phi) is 6.57. The highest BCUT2D eigenvalue weighted by Gasteiger charge is 2.55. The molecule has 2 fully saturated rings. The Bertz CT molecular complexity index is 1020. The van der Waals surface area contributed by atoms with Gasteiger partial charge in [0.15, 0.2) is 0 Å². The molecule has 2 N–H and O–H groups in total. The van der Waals surface area contributed by atoms with Crippen LogP contribution in [0, 0.1) is 11.8 Å². The number of fused-ring (bicyclic) bond motifs is 3. The molecule has 2 saturated heterocycles. The van der Waals surface area contributed by atoms with Gasteiger partial charge in [0.2, 0.25) is 5.91 Å². The van der Waals surface area contributed by atoms with E-state index in [-0.39, 0.29) is 36.0 Å². The molecule has 3 aliphatic rings. The zero-order chi connectivity index (χ0) is 22.8. The number of aliphatic hydroxyl groups is 1. The van der Waals surface area contributed by atoms with E-state index in [1.807, 2.05) is 24.3 Å². The molecule has 1 amide bonds. The molecule has 0 spiro atoms. The summed E-state index contributed by atoms with van der Waals surface area (Å²) in [5, 5.41) is 13.5. The molecule has 4 atom stereocenters.